The van der Waals surface area contributed by atoms with Crippen molar-refractivity contribution in [1.82, 2.24) is 20.3 Å². The topological polar surface area (TPSA) is 160 Å². The van der Waals surface area contributed by atoms with Crippen LogP contribution in [0.4, 0.5) is 33.6 Å². The molecule has 1 amide bonds. The highest BCUT2D eigenvalue weighted by Gasteiger charge is 2.10. The summed E-state index contributed by atoms with van der Waals surface area (Å²) in [5, 5.41) is 21.7. The highest BCUT2D eigenvalue weighted by Crippen LogP contribution is 2.21. The zero-order valence-electron chi connectivity index (χ0n) is 24.9. The van der Waals surface area contributed by atoms with Gasteiger partial charge in [0.2, 0.25) is 17.8 Å². The number of benzene rings is 3. The fourth-order valence-corrected chi connectivity index (χ4v) is 3.99. The lowest BCUT2D eigenvalue weighted by Gasteiger charge is -2.12. The van der Waals surface area contributed by atoms with Crippen molar-refractivity contribution in [3.8, 4) is 5.75 Å². The van der Waals surface area contributed by atoms with Crippen molar-refractivity contribution in [1.29, 1.82) is 0 Å². The minimum absolute atomic E-state index is 0.133. The van der Waals surface area contributed by atoms with Gasteiger partial charge in [0.1, 0.15) is 17.3 Å². The van der Waals surface area contributed by atoms with Gasteiger partial charge in [0.25, 0.3) is 5.91 Å². The number of aromatic nitrogens is 3. The first kappa shape index (κ1) is 32.8. The number of phenolic OH excluding ortho intramolecular Hbond substituents is 1. The van der Waals surface area contributed by atoms with Gasteiger partial charge in [-0.25, -0.2) is 4.39 Å². The average Bonchev–Trinajstić information content (AvgIpc) is 3.02. The number of nitrogens with zero attached hydrogens (tertiary/aromatic N) is 3. The van der Waals surface area contributed by atoms with E-state index in [4.69, 9.17) is 9.47 Å². The molecule has 236 valence electrons. The molecule has 0 bridgehead atoms. The van der Waals surface area contributed by atoms with Gasteiger partial charge in [-0.1, -0.05) is 12.1 Å². The van der Waals surface area contributed by atoms with E-state index >= 15 is 0 Å². The van der Waals surface area contributed by atoms with Gasteiger partial charge in [-0.2, -0.15) is 15.0 Å². The van der Waals surface area contributed by atoms with Gasteiger partial charge in [-0.05, 0) is 79.6 Å². The van der Waals surface area contributed by atoms with Gasteiger partial charge in [0, 0.05) is 43.1 Å². The van der Waals surface area contributed by atoms with E-state index in [1.807, 2.05) is 0 Å². The maximum absolute atomic E-state index is 13.4. The molecule has 0 saturated carbocycles. The number of ketones is 1. The molecule has 0 atom stereocenters. The third kappa shape index (κ3) is 11.8. The second-order valence-corrected chi connectivity index (χ2v) is 9.95. The lowest BCUT2D eigenvalue weighted by atomic mass is 10.1. The second kappa shape index (κ2) is 17.2. The number of hydrogen-bond acceptors (Lipinski definition) is 11. The highest BCUT2D eigenvalue weighted by molar-refractivity contribution is 5.94. The van der Waals surface area contributed by atoms with Crippen LogP contribution in [0.25, 0.3) is 0 Å². The van der Waals surface area contributed by atoms with Crippen molar-refractivity contribution >= 4 is 40.9 Å². The summed E-state index contributed by atoms with van der Waals surface area (Å²) in [5.74, 6) is 0.435. The number of hydrogen-bond donors (Lipinski definition) is 5. The summed E-state index contributed by atoms with van der Waals surface area (Å²) in [6.45, 7) is 3.94. The number of Topliss-reactive ketones (excluding diaryl/α,β-unsaturated/α-hetero) is 1. The maximum atomic E-state index is 13.4. The normalized spacial score (nSPS) is 10.7. The first-order valence-electron chi connectivity index (χ1n) is 14.4. The maximum Gasteiger partial charge on any atom is 0.251 e. The van der Waals surface area contributed by atoms with E-state index in [0.717, 1.165) is 0 Å². The summed E-state index contributed by atoms with van der Waals surface area (Å²) in [5.41, 5.74) is 2.40. The Hall–Kier alpha value is -5.14. The monoisotopic (exact) mass is 617 g/mol. The molecule has 3 aromatic carbocycles. The van der Waals surface area contributed by atoms with E-state index < -0.39 is 0 Å². The average molecular weight is 618 g/mol. The molecular weight excluding hydrogens is 581 g/mol. The fraction of sp³-hybridized carbons (Fsp3) is 0.281. The van der Waals surface area contributed by atoms with Crippen LogP contribution in [0.3, 0.4) is 0 Å². The number of amides is 1. The number of aromatic hydroxyl groups is 1. The number of anilines is 5. The summed E-state index contributed by atoms with van der Waals surface area (Å²) < 4.78 is 24.5. The van der Waals surface area contributed by atoms with Gasteiger partial charge >= 0.3 is 0 Å². The molecule has 13 heteroatoms. The van der Waals surface area contributed by atoms with Crippen LogP contribution in [0.5, 0.6) is 5.75 Å². The Morgan fingerprint density at radius 2 is 1.42 bits per heavy atom. The SMILES string of the molecule is CC(=O)CCCOCCOCCNc1nc(Nc2ccc(O)cc2)nc(Nc2ccc(C(=O)NCc3cccc(F)c3)cc2)n1. The van der Waals surface area contributed by atoms with E-state index in [1.54, 1.807) is 67.6 Å². The number of nitrogens with one attached hydrogen (secondary N) is 4. The van der Waals surface area contributed by atoms with Crippen molar-refractivity contribution in [3.05, 3.63) is 89.7 Å². The zero-order chi connectivity index (χ0) is 31.9. The lowest BCUT2D eigenvalue weighted by Crippen LogP contribution is -2.22. The summed E-state index contributed by atoms with van der Waals surface area (Å²) in [4.78, 5) is 36.9. The number of rotatable bonds is 18. The van der Waals surface area contributed by atoms with Crippen LogP contribution in [-0.4, -0.2) is 64.7 Å². The van der Waals surface area contributed by atoms with Gasteiger partial charge < -0.3 is 40.6 Å². The summed E-state index contributed by atoms with van der Waals surface area (Å²) in [6, 6.07) is 19.3. The molecule has 0 saturated heterocycles. The molecule has 0 spiro atoms. The van der Waals surface area contributed by atoms with Crippen LogP contribution in [0.1, 0.15) is 35.7 Å². The number of ether oxygens (including phenoxy) is 2. The van der Waals surface area contributed by atoms with E-state index in [0.29, 0.717) is 74.3 Å². The minimum atomic E-state index is -0.358. The Balaban J connectivity index is 1.33. The molecule has 4 aromatic rings. The molecule has 4 rings (SSSR count). The number of halogens is 1. The van der Waals surface area contributed by atoms with Crippen LogP contribution in [0.2, 0.25) is 0 Å². The fourth-order valence-electron chi connectivity index (χ4n) is 3.99. The van der Waals surface area contributed by atoms with Gasteiger partial charge in [-0.15, -0.1) is 0 Å². The van der Waals surface area contributed by atoms with Crippen LogP contribution < -0.4 is 21.3 Å². The van der Waals surface area contributed by atoms with Crippen molar-refractivity contribution in [2.24, 2.45) is 0 Å². The quantitative estimate of drug-likeness (QED) is 0.0760. The van der Waals surface area contributed by atoms with E-state index in [2.05, 4.69) is 36.2 Å². The van der Waals surface area contributed by atoms with Crippen molar-refractivity contribution in [2.75, 3.05) is 48.9 Å². The van der Waals surface area contributed by atoms with Gasteiger partial charge in [0.05, 0.1) is 19.8 Å². The predicted octanol–water partition coefficient (Wildman–Crippen LogP) is 4.95. The van der Waals surface area contributed by atoms with Gasteiger partial charge in [-0.3, -0.25) is 4.79 Å². The Kier molecular flexibility index (Phi) is 12.5. The summed E-state index contributed by atoms with van der Waals surface area (Å²) >= 11 is 0. The molecule has 0 radical (unpaired) electrons. The third-order valence-corrected chi connectivity index (χ3v) is 6.22. The number of phenols is 1. The molecule has 0 aliphatic rings. The molecule has 0 fully saturated rings. The Labute approximate surface area is 260 Å². The predicted molar refractivity (Wildman–Crippen MR) is 169 cm³/mol. The molecule has 1 aromatic heterocycles. The molecule has 1 heterocycles. The zero-order valence-corrected chi connectivity index (χ0v) is 24.9. The molecule has 12 nitrogen and oxygen atoms in total. The lowest BCUT2D eigenvalue weighted by molar-refractivity contribution is -0.117. The van der Waals surface area contributed by atoms with Crippen LogP contribution in [0.15, 0.2) is 72.8 Å². The van der Waals surface area contributed by atoms with Crippen LogP contribution in [-0.2, 0) is 20.8 Å². The molecule has 0 aliphatic carbocycles. The van der Waals surface area contributed by atoms with Crippen LogP contribution in [0, 0.1) is 5.82 Å². The Morgan fingerprint density at radius 1 is 0.800 bits per heavy atom. The smallest absolute Gasteiger partial charge is 0.251 e. The molecule has 0 aliphatic heterocycles. The molecule has 5 N–H and O–H groups in total. The largest absolute Gasteiger partial charge is 0.508 e. The van der Waals surface area contributed by atoms with Gasteiger partial charge in [0.15, 0.2) is 0 Å². The van der Waals surface area contributed by atoms with Crippen molar-refractivity contribution in [2.45, 2.75) is 26.3 Å². The van der Waals surface area contributed by atoms with Crippen molar-refractivity contribution in [3.63, 3.8) is 0 Å². The Bertz CT molecular complexity index is 1540. The molecule has 45 heavy (non-hydrogen) atoms. The van der Waals surface area contributed by atoms with E-state index in [9.17, 15) is 19.1 Å². The first-order chi connectivity index (χ1) is 21.8. The number of carbonyl (C=O) groups excluding carboxylic acids is 2. The molecular formula is C32H36FN7O5. The Morgan fingerprint density at radius 3 is 2.07 bits per heavy atom. The molecule has 0 unspecified atom stereocenters. The summed E-state index contributed by atoms with van der Waals surface area (Å²) in [7, 11) is 0. The van der Waals surface area contributed by atoms with E-state index in [1.165, 1.54) is 12.1 Å². The van der Waals surface area contributed by atoms with Crippen molar-refractivity contribution < 1.29 is 28.6 Å². The third-order valence-electron chi connectivity index (χ3n) is 6.22. The first-order valence-corrected chi connectivity index (χ1v) is 14.4. The highest BCUT2D eigenvalue weighted by atomic mass is 19.1. The van der Waals surface area contributed by atoms with Crippen LogP contribution >= 0.6 is 0 Å². The second-order valence-electron chi connectivity index (χ2n) is 9.95. The van der Waals surface area contributed by atoms with E-state index in [-0.39, 0.29) is 41.7 Å². The number of carbonyl (C=O) groups is 2. The summed E-state index contributed by atoms with van der Waals surface area (Å²) in [6.07, 6.45) is 1.21. The standard InChI is InChI=1S/C32H36FN7O5/c1-22(41)4-3-16-44-18-19-45-17-15-34-30-38-31(40-32(39-30)37-27-11-13-28(42)14-12-27)36-26-9-7-24(8-10-26)29(43)35-21-23-5-2-6-25(33)20-23/h2,5-14,20,42H,3-4,15-19,21H2,1H3,(H,35,43)(H3,34,36,37,38,39,40). The minimum Gasteiger partial charge on any atom is -0.508 e.